The first-order valence-corrected chi connectivity index (χ1v) is 11.9. The highest BCUT2D eigenvalue weighted by Crippen LogP contribution is 2.20. The molecule has 3 amide bonds. The van der Waals surface area contributed by atoms with Crippen molar-refractivity contribution in [1.29, 1.82) is 0 Å². The van der Waals surface area contributed by atoms with Gasteiger partial charge in [-0.1, -0.05) is 43.3 Å². The molecule has 0 bridgehead atoms. The van der Waals surface area contributed by atoms with Gasteiger partial charge >= 0.3 is 6.03 Å². The first-order chi connectivity index (χ1) is 15.9. The average molecular weight is 468 g/mol. The third-order valence-electron chi connectivity index (χ3n) is 5.64. The fraction of sp³-hybridized carbons (Fsp3) is 0.308. The number of halogens is 1. The molecule has 0 fully saturated rings. The number of nitrogens with zero attached hydrogens (tertiary/aromatic N) is 2. The van der Waals surface area contributed by atoms with E-state index in [4.69, 9.17) is 0 Å². The number of anilines is 1. The maximum absolute atomic E-state index is 13.6. The molecule has 0 spiro atoms. The predicted octanol–water partition coefficient (Wildman–Crippen LogP) is 6.06. The molecular weight excluding hydrogens is 437 g/mol. The van der Waals surface area contributed by atoms with E-state index >= 15 is 0 Å². The van der Waals surface area contributed by atoms with Crippen LogP contribution < -0.4 is 5.32 Å². The Morgan fingerprint density at radius 3 is 2.45 bits per heavy atom. The van der Waals surface area contributed by atoms with Crippen LogP contribution in [0, 0.1) is 12.7 Å². The van der Waals surface area contributed by atoms with Gasteiger partial charge in [-0.3, -0.25) is 4.79 Å². The molecule has 1 N–H and O–H groups in total. The number of urea groups is 1. The fourth-order valence-corrected chi connectivity index (χ4v) is 4.35. The molecule has 0 aliphatic carbocycles. The zero-order chi connectivity index (χ0) is 23.8. The van der Waals surface area contributed by atoms with E-state index in [-0.39, 0.29) is 18.5 Å². The van der Waals surface area contributed by atoms with Crippen LogP contribution in [-0.2, 0) is 17.9 Å². The quantitative estimate of drug-likeness (QED) is 0.416. The molecule has 3 rings (SSSR count). The van der Waals surface area contributed by atoms with Crippen LogP contribution in [0.15, 0.2) is 66.0 Å². The number of aryl methyl sites for hydroxylation is 1. The molecule has 0 saturated heterocycles. The predicted molar refractivity (Wildman–Crippen MR) is 132 cm³/mol. The number of nitrogens with one attached hydrogen (secondary N) is 1. The van der Waals surface area contributed by atoms with Crippen LogP contribution in [0.1, 0.15) is 36.3 Å². The lowest BCUT2D eigenvalue weighted by Gasteiger charge is -2.31. The molecule has 0 aliphatic rings. The van der Waals surface area contributed by atoms with E-state index in [0.29, 0.717) is 25.2 Å². The highest BCUT2D eigenvalue weighted by atomic mass is 32.1. The number of carbonyl (C=O) groups is 2. The van der Waals surface area contributed by atoms with Gasteiger partial charge in [-0.05, 0) is 61.0 Å². The molecule has 0 saturated carbocycles. The Bertz CT molecular complexity index is 1070. The van der Waals surface area contributed by atoms with E-state index in [1.807, 2.05) is 62.5 Å². The summed E-state index contributed by atoms with van der Waals surface area (Å²) in [5, 5.41) is 4.75. The van der Waals surface area contributed by atoms with Crippen LogP contribution in [0.4, 0.5) is 14.9 Å². The van der Waals surface area contributed by atoms with E-state index in [9.17, 15) is 14.0 Å². The molecule has 1 atom stereocenters. The second-order valence-corrected chi connectivity index (χ2v) is 9.09. The smallest absolute Gasteiger partial charge is 0.322 e. The molecule has 1 aromatic heterocycles. The van der Waals surface area contributed by atoms with Crippen molar-refractivity contribution in [2.45, 2.75) is 46.3 Å². The van der Waals surface area contributed by atoms with E-state index in [1.165, 1.54) is 23.1 Å². The van der Waals surface area contributed by atoms with E-state index in [1.54, 1.807) is 22.3 Å². The number of rotatable bonds is 9. The molecule has 5 nitrogen and oxygen atoms in total. The Hall–Kier alpha value is -3.19. The van der Waals surface area contributed by atoms with Crippen LogP contribution in [-0.4, -0.2) is 34.3 Å². The van der Waals surface area contributed by atoms with Gasteiger partial charge in [-0.15, -0.1) is 11.3 Å². The van der Waals surface area contributed by atoms with Crippen LogP contribution in [0.3, 0.4) is 0 Å². The minimum Gasteiger partial charge on any atom is -0.332 e. The number of thiophene rings is 1. The van der Waals surface area contributed by atoms with Crippen molar-refractivity contribution in [3.8, 4) is 0 Å². The molecule has 7 heteroatoms. The Labute approximate surface area is 198 Å². The second-order valence-electron chi connectivity index (χ2n) is 8.09. The third kappa shape index (κ3) is 6.89. The van der Waals surface area contributed by atoms with Gasteiger partial charge in [0.15, 0.2) is 0 Å². The largest absolute Gasteiger partial charge is 0.332 e. The summed E-state index contributed by atoms with van der Waals surface area (Å²) in [6.45, 7) is 6.79. The van der Waals surface area contributed by atoms with E-state index < -0.39 is 11.8 Å². The summed E-state index contributed by atoms with van der Waals surface area (Å²) in [7, 11) is 0. The van der Waals surface area contributed by atoms with Crippen molar-refractivity contribution in [3.63, 3.8) is 0 Å². The fourth-order valence-electron chi connectivity index (χ4n) is 3.43. The highest BCUT2D eigenvalue weighted by Gasteiger charge is 2.25. The van der Waals surface area contributed by atoms with E-state index in [0.717, 1.165) is 16.0 Å². The van der Waals surface area contributed by atoms with Gasteiger partial charge in [-0.25, -0.2) is 9.18 Å². The van der Waals surface area contributed by atoms with Gasteiger partial charge in [-0.2, -0.15) is 0 Å². The summed E-state index contributed by atoms with van der Waals surface area (Å²) in [5.41, 5.74) is 2.53. The molecule has 1 unspecified atom stereocenters. The summed E-state index contributed by atoms with van der Waals surface area (Å²) in [4.78, 5) is 30.9. The lowest BCUT2D eigenvalue weighted by Crippen LogP contribution is -2.47. The lowest BCUT2D eigenvalue weighted by molar-refractivity contribution is -0.133. The SMILES string of the molecule is CCC(C)N(CC(=O)N(Cc1ccccc1)Cc1sccc1C)C(=O)Nc1cccc(F)c1. The van der Waals surface area contributed by atoms with Gasteiger partial charge in [0.25, 0.3) is 0 Å². The van der Waals surface area contributed by atoms with Crippen molar-refractivity contribution in [2.75, 3.05) is 11.9 Å². The molecule has 0 radical (unpaired) electrons. The summed E-state index contributed by atoms with van der Waals surface area (Å²) < 4.78 is 13.6. The van der Waals surface area contributed by atoms with Gasteiger partial charge < -0.3 is 15.1 Å². The number of benzene rings is 2. The Morgan fingerprint density at radius 1 is 1.06 bits per heavy atom. The third-order valence-corrected chi connectivity index (χ3v) is 6.64. The molecule has 2 aromatic carbocycles. The van der Waals surface area contributed by atoms with Crippen molar-refractivity contribution in [3.05, 3.63) is 87.9 Å². The maximum atomic E-state index is 13.6. The average Bonchev–Trinajstić information content (AvgIpc) is 3.21. The standard InChI is InChI=1S/C26H30FN3O2S/c1-4-20(3)30(26(32)28-23-12-8-11-22(27)15-23)18-25(31)29(16-21-9-6-5-7-10-21)17-24-19(2)13-14-33-24/h5-15,20H,4,16-18H2,1-3H3,(H,28,32). The minimum absolute atomic E-state index is 0.0621. The van der Waals surface area contributed by atoms with Crippen LogP contribution >= 0.6 is 11.3 Å². The van der Waals surface area contributed by atoms with Crippen molar-refractivity contribution >= 4 is 29.0 Å². The molecule has 3 aromatic rings. The summed E-state index contributed by atoms with van der Waals surface area (Å²) in [5.74, 6) is -0.569. The van der Waals surface area contributed by atoms with Gasteiger partial charge in [0, 0.05) is 23.2 Å². The first kappa shape index (κ1) is 24.5. The van der Waals surface area contributed by atoms with Crippen LogP contribution in [0.25, 0.3) is 0 Å². The number of amides is 3. The molecule has 33 heavy (non-hydrogen) atoms. The van der Waals surface area contributed by atoms with Crippen LogP contribution in [0.2, 0.25) is 0 Å². The van der Waals surface area contributed by atoms with Crippen molar-refractivity contribution < 1.29 is 14.0 Å². The van der Waals surface area contributed by atoms with E-state index in [2.05, 4.69) is 5.32 Å². The van der Waals surface area contributed by atoms with Gasteiger partial charge in [0.2, 0.25) is 5.91 Å². The summed E-state index contributed by atoms with van der Waals surface area (Å²) in [6, 6.07) is 17.0. The van der Waals surface area contributed by atoms with Crippen LogP contribution in [0.5, 0.6) is 0 Å². The molecule has 0 aliphatic heterocycles. The maximum Gasteiger partial charge on any atom is 0.322 e. The Morgan fingerprint density at radius 2 is 1.82 bits per heavy atom. The zero-order valence-corrected chi connectivity index (χ0v) is 20.1. The minimum atomic E-state index is -0.431. The monoisotopic (exact) mass is 467 g/mol. The number of hydrogen-bond donors (Lipinski definition) is 1. The Kier molecular flexibility index (Phi) is 8.60. The summed E-state index contributed by atoms with van der Waals surface area (Å²) in [6.07, 6.45) is 0.687. The second kappa shape index (κ2) is 11.6. The van der Waals surface area contributed by atoms with Gasteiger partial charge in [0.1, 0.15) is 12.4 Å². The normalized spacial score (nSPS) is 11.6. The number of hydrogen-bond acceptors (Lipinski definition) is 3. The van der Waals surface area contributed by atoms with Crippen molar-refractivity contribution in [2.24, 2.45) is 0 Å². The molecular formula is C26H30FN3O2S. The number of carbonyl (C=O) groups excluding carboxylic acids is 2. The highest BCUT2D eigenvalue weighted by molar-refractivity contribution is 7.10. The van der Waals surface area contributed by atoms with Crippen molar-refractivity contribution in [1.82, 2.24) is 9.80 Å². The lowest BCUT2D eigenvalue weighted by atomic mass is 10.2. The summed E-state index contributed by atoms with van der Waals surface area (Å²) >= 11 is 1.62. The topological polar surface area (TPSA) is 52.7 Å². The molecule has 1 heterocycles. The first-order valence-electron chi connectivity index (χ1n) is 11.0. The van der Waals surface area contributed by atoms with Gasteiger partial charge in [0.05, 0.1) is 6.54 Å². The zero-order valence-electron chi connectivity index (χ0n) is 19.3. The molecule has 174 valence electrons. The Balaban J connectivity index is 1.79.